The van der Waals surface area contributed by atoms with Crippen LogP contribution in [0.1, 0.15) is 35.1 Å². The predicted molar refractivity (Wildman–Crippen MR) is 133 cm³/mol. The number of ether oxygens (including phenoxy) is 1. The lowest BCUT2D eigenvalue weighted by atomic mass is 10.2. The topological polar surface area (TPSA) is 66.1 Å². The largest absolute Gasteiger partial charge is 0.497 e. The van der Waals surface area contributed by atoms with E-state index in [1.54, 1.807) is 17.7 Å². The van der Waals surface area contributed by atoms with Gasteiger partial charge in [0.15, 0.2) is 10.9 Å². The number of nitrogens with zero attached hydrogens (tertiary/aromatic N) is 3. The van der Waals surface area contributed by atoms with Crippen LogP contribution in [0.5, 0.6) is 5.75 Å². The molecule has 0 unspecified atom stereocenters. The quantitative estimate of drug-likeness (QED) is 0.205. The molecule has 2 aromatic heterocycles. The zero-order valence-corrected chi connectivity index (χ0v) is 20.1. The van der Waals surface area contributed by atoms with Crippen LogP contribution >= 0.6 is 11.8 Å². The summed E-state index contributed by atoms with van der Waals surface area (Å²) < 4.78 is 9.00. The van der Waals surface area contributed by atoms with E-state index in [1.807, 2.05) is 69.3 Å². The Bertz CT molecular complexity index is 1370. The Hall–Kier alpha value is -3.32. The molecule has 0 bridgehead atoms. The minimum Gasteiger partial charge on any atom is -0.497 e. The molecule has 2 heterocycles. The summed E-state index contributed by atoms with van der Waals surface area (Å²) in [7, 11) is 1.64. The second kappa shape index (κ2) is 9.67. The molecule has 0 amide bonds. The van der Waals surface area contributed by atoms with Crippen molar-refractivity contribution >= 4 is 28.4 Å². The van der Waals surface area contributed by atoms with E-state index in [1.165, 1.54) is 11.8 Å². The van der Waals surface area contributed by atoms with Gasteiger partial charge in [-0.25, -0.2) is 4.98 Å². The molecular weight excluding hydrogens is 434 g/mol. The summed E-state index contributed by atoms with van der Waals surface area (Å²) in [5, 5.41) is 1.18. The summed E-state index contributed by atoms with van der Waals surface area (Å²) in [4.78, 5) is 30.8. The lowest BCUT2D eigenvalue weighted by Crippen LogP contribution is -2.23. The second-order valence-electron chi connectivity index (χ2n) is 7.90. The molecule has 7 heteroatoms. The summed E-state index contributed by atoms with van der Waals surface area (Å²) in [5.41, 5.74) is 4.13. The number of carbonyl (C=O) groups excluding carboxylic acids is 1. The summed E-state index contributed by atoms with van der Waals surface area (Å²) in [6, 6.07) is 17.0. The van der Waals surface area contributed by atoms with Gasteiger partial charge in [0.05, 0.1) is 23.8 Å². The van der Waals surface area contributed by atoms with E-state index in [-0.39, 0.29) is 17.1 Å². The SMILES string of the molecule is CCCn1c(SCC(=O)c2cc(C)n(-c3ccc(OC)cc3)c2C)nc2ccccc2c1=O. The standard InChI is InChI=1S/C26H27N3O3S/c1-5-14-28-25(31)21-8-6-7-9-23(21)27-26(28)33-16-24(30)22-15-17(2)29(18(22)3)19-10-12-20(32-4)13-11-19/h6-13,15H,5,14,16H2,1-4H3. The van der Waals surface area contributed by atoms with Crippen LogP contribution in [0.4, 0.5) is 0 Å². The van der Waals surface area contributed by atoms with Crippen LogP contribution < -0.4 is 10.3 Å². The molecule has 4 rings (SSSR count). The average Bonchev–Trinajstić information content (AvgIpc) is 3.13. The van der Waals surface area contributed by atoms with Gasteiger partial charge in [-0.05, 0) is 62.7 Å². The molecule has 0 spiro atoms. The van der Waals surface area contributed by atoms with Gasteiger partial charge in [0.25, 0.3) is 5.56 Å². The van der Waals surface area contributed by atoms with Crippen molar-refractivity contribution in [1.29, 1.82) is 0 Å². The fourth-order valence-electron chi connectivity index (χ4n) is 4.06. The Balaban J connectivity index is 1.61. The fraction of sp³-hybridized carbons (Fsp3) is 0.269. The molecule has 0 saturated heterocycles. The number of rotatable bonds is 8. The van der Waals surface area contributed by atoms with Crippen molar-refractivity contribution < 1.29 is 9.53 Å². The number of fused-ring (bicyclic) bond motifs is 1. The normalized spacial score (nSPS) is 11.2. The van der Waals surface area contributed by atoms with E-state index in [2.05, 4.69) is 9.55 Å². The first-order valence-corrected chi connectivity index (χ1v) is 11.9. The molecule has 6 nitrogen and oxygen atoms in total. The number of para-hydroxylation sites is 1. The molecule has 0 atom stereocenters. The minimum absolute atomic E-state index is 0.0123. The third-order valence-electron chi connectivity index (χ3n) is 5.67. The number of hydrogen-bond donors (Lipinski definition) is 0. The van der Waals surface area contributed by atoms with E-state index in [0.717, 1.165) is 29.2 Å². The molecular formula is C26H27N3O3S. The molecule has 0 aliphatic heterocycles. The van der Waals surface area contributed by atoms with Crippen LogP contribution in [0, 0.1) is 13.8 Å². The van der Waals surface area contributed by atoms with Crippen molar-refractivity contribution in [1.82, 2.24) is 14.1 Å². The van der Waals surface area contributed by atoms with E-state index < -0.39 is 0 Å². The molecule has 0 N–H and O–H groups in total. The number of aryl methyl sites for hydroxylation is 1. The van der Waals surface area contributed by atoms with Crippen molar-refractivity contribution in [3.63, 3.8) is 0 Å². The summed E-state index contributed by atoms with van der Waals surface area (Å²) in [6.07, 6.45) is 0.810. The monoisotopic (exact) mass is 461 g/mol. The summed E-state index contributed by atoms with van der Waals surface area (Å²) >= 11 is 1.32. The van der Waals surface area contributed by atoms with Crippen molar-refractivity contribution in [3.8, 4) is 11.4 Å². The highest BCUT2D eigenvalue weighted by Crippen LogP contribution is 2.25. The first-order valence-electron chi connectivity index (χ1n) is 10.9. The Morgan fingerprint density at radius 2 is 1.82 bits per heavy atom. The van der Waals surface area contributed by atoms with Crippen LogP contribution in [0.25, 0.3) is 16.6 Å². The molecule has 2 aromatic carbocycles. The van der Waals surface area contributed by atoms with Crippen molar-refractivity contribution in [3.05, 3.63) is 81.9 Å². The van der Waals surface area contributed by atoms with E-state index in [4.69, 9.17) is 4.74 Å². The van der Waals surface area contributed by atoms with E-state index >= 15 is 0 Å². The second-order valence-corrected chi connectivity index (χ2v) is 8.84. The zero-order valence-electron chi connectivity index (χ0n) is 19.3. The van der Waals surface area contributed by atoms with Crippen LogP contribution in [0.2, 0.25) is 0 Å². The van der Waals surface area contributed by atoms with Gasteiger partial charge in [-0.15, -0.1) is 0 Å². The van der Waals surface area contributed by atoms with Crippen molar-refractivity contribution in [2.24, 2.45) is 0 Å². The van der Waals surface area contributed by atoms with Gasteiger partial charge in [-0.3, -0.25) is 14.2 Å². The Labute approximate surface area is 197 Å². The van der Waals surface area contributed by atoms with Crippen molar-refractivity contribution in [2.45, 2.75) is 38.9 Å². The number of aromatic nitrogens is 3. The highest BCUT2D eigenvalue weighted by Gasteiger charge is 2.19. The van der Waals surface area contributed by atoms with Gasteiger partial charge < -0.3 is 9.30 Å². The molecule has 4 aromatic rings. The minimum atomic E-state index is -0.0601. The van der Waals surface area contributed by atoms with Gasteiger partial charge in [0.1, 0.15) is 5.75 Å². The number of hydrogen-bond acceptors (Lipinski definition) is 5. The number of benzene rings is 2. The molecule has 0 aliphatic carbocycles. The lowest BCUT2D eigenvalue weighted by molar-refractivity contribution is 0.102. The maximum Gasteiger partial charge on any atom is 0.262 e. The molecule has 0 radical (unpaired) electrons. The van der Waals surface area contributed by atoms with Gasteiger partial charge >= 0.3 is 0 Å². The van der Waals surface area contributed by atoms with Gasteiger partial charge in [0.2, 0.25) is 0 Å². The maximum absolute atomic E-state index is 13.2. The van der Waals surface area contributed by atoms with Crippen LogP contribution in [-0.2, 0) is 6.54 Å². The van der Waals surface area contributed by atoms with E-state index in [0.29, 0.717) is 28.2 Å². The predicted octanol–water partition coefficient (Wildman–Crippen LogP) is 5.20. The number of carbonyl (C=O) groups is 1. The first kappa shape index (κ1) is 22.9. The number of thioether (sulfide) groups is 1. The number of ketones is 1. The van der Waals surface area contributed by atoms with Gasteiger partial charge in [-0.1, -0.05) is 30.8 Å². The highest BCUT2D eigenvalue weighted by atomic mass is 32.2. The van der Waals surface area contributed by atoms with Crippen LogP contribution in [0.15, 0.2) is 64.5 Å². The van der Waals surface area contributed by atoms with Crippen LogP contribution in [-0.4, -0.2) is 32.8 Å². The third-order valence-corrected chi connectivity index (χ3v) is 6.64. The van der Waals surface area contributed by atoms with Gasteiger partial charge in [-0.2, -0.15) is 0 Å². The molecule has 0 fully saturated rings. The molecule has 0 aliphatic rings. The summed E-state index contributed by atoms with van der Waals surface area (Å²) in [6.45, 7) is 6.54. The Morgan fingerprint density at radius 1 is 1.09 bits per heavy atom. The highest BCUT2D eigenvalue weighted by molar-refractivity contribution is 7.99. The van der Waals surface area contributed by atoms with Crippen LogP contribution in [0.3, 0.4) is 0 Å². The molecule has 170 valence electrons. The fourth-order valence-corrected chi connectivity index (χ4v) is 4.97. The Morgan fingerprint density at radius 3 is 2.52 bits per heavy atom. The number of Topliss-reactive ketones (excluding diaryl/α,β-unsaturated/α-hetero) is 1. The lowest BCUT2D eigenvalue weighted by Gasteiger charge is -2.12. The molecule has 33 heavy (non-hydrogen) atoms. The van der Waals surface area contributed by atoms with Crippen molar-refractivity contribution in [2.75, 3.05) is 12.9 Å². The van der Waals surface area contributed by atoms with E-state index in [9.17, 15) is 9.59 Å². The first-order chi connectivity index (χ1) is 15.9. The van der Waals surface area contributed by atoms with Gasteiger partial charge in [0, 0.05) is 29.2 Å². The number of methoxy groups -OCH3 is 1. The maximum atomic E-state index is 13.2. The summed E-state index contributed by atoms with van der Waals surface area (Å²) in [5.74, 6) is 1.01. The third kappa shape index (κ3) is 4.46. The zero-order chi connectivity index (χ0) is 23.5. The smallest absolute Gasteiger partial charge is 0.262 e. The Kier molecular flexibility index (Phi) is 6.70. The molecule has 0 saturated carbocycles. The average molecular weight is 462 g/mol.